The van der Waals surface area contributed by atoms with Gasteiger partial charge in [0.2, 0.25) is 0 Å². The van der Waals surface area contributed by atoms with Gasteiger partial charge in [-0.2, -0.15) is 3.93 Å². The predicted octanol–water partition coefficient (Wildman–Crippen LogP) is -3.04. The minimum atomic E-state index is -0.394. The smallest absolute Gasteiger partial charge is 1.00 e. The molecule has 1 N–H and O–H groups in total. The predicted molar refractivity (Wildman–Crippen MR) is 30.3 cm³/mol. The van der Waals surface area contributed by atoms with Crippen LogP contribution in [0, 0.1) is 0 Å². The van der Waals surface area contributed by atoms with Gasteiger partial charge in [0.05, 0.1) is 16.1 Å². The van der Waals surface area contributed by atoms with Crippen molar-refractivity contribution >= 4 is 28.1 Å². The van der Waals surface area contributed by atoms with Gasteiger partial charge in [0.25, 0.3) is 5.91 Å². The number of hydrogen-bond donors (Lipinski definition) is 1. The molecule has 4 nitrogen and oxygen atoms in total. The zero-order chi connectivity index (χ0) is 6.15. The van der Waals surface area contributed by atoms with E-state index in [0.29, 0.717) is 0 Å². The molecule has 1 fully saturated rings. The van der Waals surface area contributed by atoms with E-state index in [9.17, 15) is 9.59 Å². The Hall–Kier alpha value is 0.420. The molecule has 0 aromatic rings. The van der Waals surface area contributed by atoms with E-state index < -0.39 is 6.03 Å². The van der Waals surface area contributed by atoms with Crippen molar-refractivity contribution in [2.24, 2.45) is 0 Å². The van der Waals surface area contributed by atoms with Crippen molar-refractivity contribution in [1.82, 2.24) is 9.24 Å². The Morgan fingerprint density at radius 2 is 2.22 bits per heavy atom. The first-order valence-corrected chi connectivity index (χ1v) is 2.69. The number of carbonyl (C=O) groups excluding carboxylic acids is 2. The van der Waals surface area contributed by atoms with Crippen molar-refractivity contribution in [2.45, 2.75) is 0 Å². The van der Waals surface area contributed by atoms with E-state index in [2.05, 4.69) is 21.5 Å². The molecule has 0 atom stereocenters. The van der Waals surface area contributed by atoms with E-state index in [0.717, 1.165) is 3.93 Å². The summed E-state index contributed by atoms with van der Waals surface area (Å²) in [5.74, 6) is -0.255. The van der Waals surface area contributed by atoms with Crippen molar-refractivity contribution in [3.05, 3.63) is 0 Å². The van der Waals surface area contributed by atoms with Gasteiger partial charge in [-0.25, -0.2) is 4.79 Å². The van der Waals surface area contributed by atoms with Crippen LogP contribution in [0.5, 0.6) is 0 Å². The Labute approximate surface area is 84.1 Å². The van der Waals surface area contributed by atoms with Gasteiger partial charge in [-0.05, 0) is 0 Å². The minimum absolute atomic E-state index is 0. The topological polar surface area (TPSA) is 49.4 Å². The van der Waals surface area contributed by atoms with Gasteiger partial charge in [0, 0.05) is 0 Å². The summed E-state index contributed by atoms with van der Waals surface area (Å²) < 4.78 is 0.868. The number of nitrogens with one attached hydrogen (secondary N) is 1. The van der Waals surface area contributed by atoms with Crippen LogP contribution in [-0.4, -0.2) is 22.4 Å². The normalized spacial score (nSPS) is 17.2. The van der Waals surface area contributed by atoms with Gasteiger partial charge in [0.15, 0.2) is 0 Å². The van der Waals surface area contributed by atoms with Crippen LogP contribution in [0.1, 0.15) is 1.43 Å². The maximum absolute atomic E-state index is 10.4. The van der Waals surface area contributed by atoms with E-state index in [1.807, 2.05) is 0 Å². The van der Waals surface area contributed by atoms with Gasteiger partial charge < -0.3 is 6.74 Å². The Morgan fingerprint density at radius 1 is 1.67 bits per heavy atom. The summed E-state index contributed by atoms with van der Waals surface area (Å²) in [5, 5.41) is 2.31. The van der Waals surface area contributed by atoms with E-state index in [1.165, 1.54) is 0 Å². The Morgan fingerprint density at radius 3 is 2.33 bits per heavy atom. The zero-order valence-electron chi connectivity index (χ0n) is 5.85. The second-order valence-corrected chi connectivity index (χ2v) is 2.04. The Balaban J connectivity index is 0. The molecular formula is C3H4BrN2NaO2. The molecule has 0 unspecified atom stereocenters. The standard InChI is InChI=1S/C3H3BrN2O2.Na.H/c4-6-2(7)1-5-3(6)8;;/h1H2,(H,5,8);;/q;+1;-1. The SMILES string of the molecule is O=C1CNC(=O)N1Br.[H-].[Na+]. The Bertz CT molecular complexity index is 139. The van der Waals surface area contributed by atoms with E-state index in [-0.39, 0.29) is 43.4 Å². The van der Waals surface area contributed by atoms with Crippen molar-refractivity contribution in [2.75, 3.05) is 6.54 Å². The average Bonchev–Trinajstić information content (AvgIpc) is 1.98. The van der Waals surface area contributed by atoms with Crippen molar-refractivity contribution in [3.8, 4) is 0 Å². The van der Waals surface area contributed by atoms with Crippen LogP contribution in [0.15, 0.2) is 0 Å². The maximum Gasteiger partial charge on any atom is 1.00 e. The quantitative estimate of drug-likeness (QED) is 0.258. The van der Waals surface area contributed by atoms with Gasteiger partial charge in [-0.15, -0.1) is 0 Å². The molecule has 0 saturated carbocycles. The molecule has 9 heavy (non-hydrogen) atoms. The number of rotatable bonds is 0. The molecule has 3 amide bonds. The minimum Gasteiger partial charge on any atom is -1.00 e. The third-order valence-corrected chi connectivity index (χ3v) is 1.51. The van der Waals surface area contributed by atoms with E-state index in [1.54, 1.807) is 0 Å². The van der Waals surface area contributed by atoms with Gasteiger partial charge in [0.1, 0.15) is 6.54 Å². The fourth-order valence-corrected chi connectivity index (χ4v) is 0.654. The summed E-state index contributed by atoms with van der Waals surface area (Å²) in [6.07, 6.45) is 0. The van der Waals surface area contributed by atoms with Crippen molar-refractivity contribution in [1.29, 1.82) is 0 Å². The number of carbonyl (C=O) groups is 2. The maximum atomic E-state index is 10.4. The number of imide groups is 1. The summed E-state index contributed by atoms with van der Waals surface area (Å²) in [6.45, 7) is 0.101. The van der Waals surface area contributed by atoms with Crippen LogP contribution in [-0.2, 0) is 4.79 Å². The van der Waals surface area contributed by atoms with Crippen molar-refractivity contribution in [3.63, 3.8) is 0 Å². The summed E-state index contributed by atoms with van der Waals surface area (Å²) in [6, 6.07) is -0.394. The molecule has 6 heteroatoms. The third-order valence-electron chi connectivity index (χ3n) is 0.788. The summed E-state index contributed by atoms with van der Waals surface area (Å²) >= 11 is 2.74. The fourth-order valence-electron chi connectivity index (χ4n) is 0.403. The molecule has 0 aromatic carbocycles. The number of urea groups is 1. The summed E-state index contributed by atoms with van der Waals surface area (Å²) in [7, 11) is 0. The van der Waals surface area contributed by atoms with Gasteiger partial charge in [-0.1, -0.05) is 0 Å². The summed E-state index contributed by atoms with van der Waals surface area (Å²) in [4.78, 5) is 20.7. The fraction of sp³-hybridized carbons (Fsp3) is 0.333. The molecular weight excluding hydrogens is 199 g/mol. The number of nitrogens with zero attached hydrogens (tertiary/aromatic N) is 1. The van der Waals surface area contributed by atoms with Crippen LogP contribution < -0.4 is 34.9 Å². The molecule has 0 aromatic heterocycles. The average molecular weight is 203 g/mol. The monoisotopic (exact) mass is 202 g/mol. The molecule has 0 bridgehead atoms. The molecule has 1 aliphatic heterocycles. The van der Waals surface area contributed by atoms with Crippen LogP contribution in [0.2, 0.25) is 0 Å². The van der Waals surface area contributed by atoms with Crippen LogP contribution in [0.25, 0.3) is 0 Å². The second kappa shape index (κ2) is 3.55. The van der Waals surface area contributed by atoms with E-state index in [4.69, 9.17) is 0 Å². The first-order chi connectivity index (χ1) is 3.72. The second-order valence-electron chi connectivity index (χ2n) is 1.33. The van der Waals surface area contributed by atoms with Crippen LogP contribution in [0.3, 0.4) is 0 Å². The molecule has 1 heterocycles. The third kappa shape index (κ3) is 1.93. The number of halogens is 1. The first kappa shape index (κ1) is 9.42. The molecule has 0 radical (unpaired) electrons. The first-order valence-electron chi connectivity index (χ1n) is 1.98. The molecule has 1 aliphatic rings. The molecule has 0 spiro atoms. The van der Waals surface area contributed by atoms with Crippen LogP contribution >= 0.6 is 16.1 Å². The van der Waals surface area contributed by atoms with Gasteiger partial charge in [-0.3, -0.25) is 4.79 Å². The Kier molecular flexibility index (Phi) is 3.72. The van der Waals surface area contributed by atoms with Gasteiger partial charge >= 0.3 is 35.6 Å². The molecule has 0 aliphatic carbocycles. The summed E-state index contributed by atoms with van der Waals surface area (Å²) in [5.41, 5.74) is 0. The van der Waals surface area contributed by atoms with Crippen molar-refractivity contribution < 1.29 is 40.6 Å². The number of amides is 3. The zero-order valence-corrected chi connectivity index (χ0v) is 8.43. The number of hydrogen-bond acceptors (Lipinski definition) is 2. The van der Waals surface area contributed by atoms with E-state index >= 15 is 0 Å². The van der Waals surface area contributed by atoms with Crippen LogP contribution in [0.4, 0.5) is 4.79 Å². The molecule has 1 rings (SSSR count). The largest absolute Gasteiger partial charge is 1.00 e. The molecule has 1 saturated heterocycles. The molecule has 46 valence electrons.